The van der Waals surface area contributed by atoms with Gasteiger partial charge in [0.05, 0.1) is 28.8 Å². The van der Waals surface area contributed by atoms with Gasteiger partial charge in [0.15, 0.2) is 0 Å². The Kier molecular flexibility index (Phi) is 5.08. The third-order valence-corrected chi connectivity index (χ3v) is 4.10. The zero-order valence-electron chi connectivity index (χ0n) is 11.5. The molecule has 0 aliphatic heterocycles. The fourth-order valence-corrected chi connectivity index (χ4v) is 2.53. The van der Waals surface area contributed by atoms with Crippen LogP contribution in [-0.2, 0) is 9.59 Å². The van der Waals surface area contributed by atoms with E-state index in [4.69, 9.17) is 28.3 Å². The number of hydrogen-bond acceptors (Lipinski definition) is 3. The van der Waals surface area contributed by atoms with E-state index in [2.05, 4.69) is 5.32 Å². The van der Waals surface area contributed by atoms with E-state index in [1.165, 1.54) is 0 Å². The van der Waals surface area contributed by atoms with Gasteiger partial charge in [0.1, 0.15) is 0 Å². The van der Waals surface area contributed by atoms with Crippen LogP contribution in [-0.4, -0.2) is 41.0 Å². The van der Waals surface area contributed by atoms with Crippen molar-refractivity contribution in [1.82, 2.24) is 4.90 Å². The number of benzene rings is 1. The standard InChI is InChI=1S/C14H16Cl2N2O3/c1-8-2-5-10(15)14(13(8)16)17-11(19)6-18(7-12(20)21)9-3-4-9/h2,5,9H,3-4,6-7H2,1H3,(H,17,19)(H,20,21). The number of carboxylic acids is 1. The van der Waals surface area contributed by atoms with Gasteiger partial charge in [-0.05, 0) is 31.4 Å². The molecule has 0 radical (unpaired) electrons. The predicted octanol–water partition coefficient (Wildman–Crippen LogP) is 2.79. The Bertz CT molecular complexity index is 574. The first-order chi connectivity index (χ1) is 9.88. The van der Waals surface area contributed by atoms with Crippen molar-refractivity contribution in [2.45, 2.75) is 25.8 Å². The lowest BCUT2D eigenvalue weighted by Gasteiger charge is -2.19. The number of amides is 1. The molecule has 21 heavy (non-hydrogen) atoms. The van der Waals surface area contributed by atoms with Crippen LogP contribution in [0.15, 0.2) is 12.1 Å². The highest BCUT2D eigenvalue weighted by Gasteiger charge is 2.31. The number of aryl methyl sites for hydroxylation is 1. The molecule has 0 heterocycles. The zero-order valence-corrected chi connectivity index (χ0v) is 13.0. The number of carbonyl (C=O) groups excluding carboxylic acids is 1. The van der Waals surface area contributed by atoms with Crippen molar-refractivity contribution in [3.05, 3.63) is 27.7 Å². The first-order valence-corrected chi connectivity index (χ1v) is 7.34. The van der Waals surface area contributed by atoms with Gasteiger partial charge in [0.25, 0.3) is 0 Å². The van der Waals surface area contributed by atoms with Crippen molar-refractivity contribution < 1.29 is 14.7 Å². The van der Waals surface area contributed by atoms with Crippen molar-refractivity contribution in [2.24, 2.45) is 0 Å². The summed E-state index contributed by atoms with van der Waals surface area (Å²) in [6, 6.07) is 3.60. The minimum absolute atomic E-state index is 0.0115. The molecule has 1 amide bonds. The third kappa shape index (κ3) is 4.33. The van der Waals surface area contributed by atoms with Gasteiger partial charge in [-0.3, -0.25) is 14.5 Å². The van der Waals surface area contributed by atoms with E-state index < -0.39 is 5.97 Å². The molecule has 1 aliphatic rings. The summed E-state index contributed by atoms with van der Waals surface area (Å²) in [6.07, 6.45) is 1.85. The van der Waals surface area contributed by atoms with Crippen molar-refractivity contribution in [3.8, 4) is 0 Å². The SMILES string of the molecule is Cc1ccc(Cl)c(NC(=O)CN(CC(=O)O)C2CC2)c1Cl. The molecule has 7 heteroatoms. The second-order valence-corrected chi connectivity index (χ2v) is 5.92. The molecule has 5 nitrogen and oxygen atoms in total. The summed E-state index contributed by atoms with van der Waals surface area (Å²) in [5, 5.41) is 12.3. The van der Waals surface area contributed by atoms with Crippen LogP contribution in [0.25, 0.3) is 0 Å². The molecule has 0 bridgehead atoms. The van der Waals surface area contributed by atoms with Gasteiger partial charge in [0, 0.05) is 6.04 Å². The first-order valence-electron chi connectivity index (χ1n) is 6.58. The van der Waals surface area contributed by atoms with E-state index in [1.807, 2.05) is 6.92 Å². The lowest BCUT2D eigenvalue weighted by Crippen LogP contribution is -2.38. The second kappa shape index (κ2) is 6.64. The highest BCUT2D eigenvalue weighted by Crippen LogP contribution is 2.33. The van der Waals surface area contributed by atoms with Crippen LogP contribution >= 0.6 is 23.2 Å². The zero-order chi connectivity index (χ0) is 15.6. The first kappa shape index (κ1) is 16.1. The predicted molar refractivity (Wildman–Crippen MR) is 82.1 cm³/mol. The third-order valence-electron chi connectivity index (χ3n) is 3.30. The summed E-state index contributed by atoms with van der Waals surface area (Å²) in [7, 11) is 0. The summed E-state index contributed by atoms with van der Waals surface area (Å²) < 4.78 is 0. The number of halogens is 2. The van der Waals surface area contributed by atoms with Crippen LogP contribution < -0.4 is 5.32 Å². The smallest absolute Gasteiger partial charge is 0.317 e. The normalized spacial score (nSPS) is 14.3. The lowest BCUT2D eigenvalue weighted by atomic mass is 10.2. The van der Waals surface area contributed by atoms with E-state index in [9.17, 15) is 9.59 Å². The molecular formula is C14H16Cl2N2O3. The molecule has 2 rings (SSSR count). The Hall–Kier alpha value is -1.30. The fourth-order valence-electron chi connectivity index (χ4n) is 2.06. The van der Waals surface area contributed by atoms with Crippen LogP contribution in [0.4, 0.5) is 5.69 Å². The van der Waals surface area contributed by atoms with E-state index >= 15 is 0 Å². The number of nitrogens with one attached hydrogen (secondary N) is 1. The number of nitrogens with zero attached hydrogens (tertiary/aromatic N) is 1. The molecule has 1 fully saturated rings. The van der Waals surface area contributed by atoms with Crippen LogP contribution in [0.3, 0.4) is 0 Å². The Labute approximate surface area is 132 Å². The molecule has 0 atom stereocenters. The molecule has 1 aromatic carbocycles. The number of anilines is 1. The van der Waals surface area contributed by atoms with E-state index in [0.717, 1.165) is 18.4 Å². The number of carboxylic acid groups (broad SMARTS) is 1. The molecule has 0 unspecified atom stereocenters. The van der Waals surface area contributed by atoms with Gasteiger partial charge in [-0.1, -0.05) is 29.3 Å². The monoisotopic (exact) mass is 330 g/mol. The number of aliphatic carboxylic acids is 1. The number of hydrogen-bond donors (Lipinski definition) is 2. The summed E-state index contributed by atoms with van der Waals surface area (Å²) in [4.78, 5) is 24.6. The average Bonchev–Trinajstić information content (AvgIpc) is 3.22. The average molecular weight is 331 g/mol. The minimum atomic E-state index is -0.943. The molecule has 0 spiro atoms. The molecule has 1 aromatic rings. The summed E-state index contributed by atoms with van der Waals surface area (Å²) >= 11 is 12.2. The van der Waals surface area contributed by atoms with Gasteiger partial charge in [-0.25, -0.2) is 0 Å². The van der Waals surface area contributed by atoms with Crippen molar-refractivity contribution >= 4 is 40.8 Å². The molecular weight excluding hydrogens is 315 g/mol. The molecule has 1 aliphatic carbocycles. The van der Waals surface area contributed by atoms with Gasteiger partial charge in [-0.15, -0.1) is 0 Å². The molecule has 1 saturated carbocycles. The van der Waals surface area contributed by atoms with Crippen molar-refractivity contribution in [2.75, 3.05) is 18.4 Å². The van der Waals surface area contributed by atoms with Crippen LogP contribution in [0.5, 0.6) is 0 Å². The molecule has 0 aromatic heterocycles. The van der Waals surface area contributed by atoms with E-state index in [0.29, 0.717) is 15.7 Å². The van der Waals surface area contributed by atoms with Crippen molar-refractivity contribution in [1.29, 1.82) is 0 Å². The molecule has 2 N–H and O–H groups in total. The second-order valence-electron chi connectivity index (χ2n) is 5.13. The Morgan fingerprint density at radius 3 is 2.57 bits per heavy atom. The van der Waals surface area contributed by atoms with Gasteiger partial charge < -0.3 is 10.4 Å². The Morgan fingerprint density at radius 1 is 1.33 bits per heavy atom. The van der Waals surface area contributed by atoms with Gasteiger partial charge >= 0.3 is 5.97 Å². The number of carbonyl (C=O) groups is 2. The maximum atomic E-state index is 12.1. The van der Waals surface area contributed by atoms with E-state index in [-0.39, 0.29) is 25.0 Å². The topological polar surface area (TPSA) is 69.6 Å². The minimum Gasteiger partial charge on any atom is -0.480 e. The van der Waals surface area contributed by atoms with Crippen molar-refractivity contribution in [3.63, 3.8) is 0 Å². The summed E-state index contributed by atoms with van der Waals surface area (Å²) in [5.74, 6) is -1.26. The number of rotatable bonds is 6. The Balaban J connectivity index is 2.04. The van der Waals surface area contributed by atoms with Gasteiger partial charge in [-0.2, -0.15) is 0 Å². The highest BCUT2D eigenvalue weighted by molar-refractivity contribution is 6.40. The summed E-state index contributed by atoms with van der Waals surface area (Å²) in [6.45, 7) is 1.68. The maximum Gasteiger partial charge on any atom is 0.317 e. The lowest BCUT2D eigenvalue weighted by molar-refractivity contribution is -0.138. The highest BCUT2D eigenvalue weighted by atomic mass is 35.5. The Morgan fingerprint density at radius 2 is 2.00 bits per heavy atom. The fraction of sp³-hybridized carbons (Fsp3) is 0.429. The quantitative estimate of drug-likeness (QED) is 0.841. The van der Waals surface area contributed by atoms with Crippen LogP contribution in [0, 0.1) is 6.92 Å². The molecule has 0 saturated heterocycles. The van der Waals surface area contributed by atoms with Crippen LogP contribution in [0.2, 0.25) is 10.0 Å². The van der Waals surface area contributed by atoms with E-state index in [1.54, 1.807) is 17.0 Å². The largest absolute Gasteiger partial charge is 0.480 e. The maximum absolute atomic E-state index is 12.1. The van der Waals surface area contributed by atoms with Gasteiger partial charge in [0.2, 0.25) is 5.91 Å². The van der Waals surface area contributed by atoms with Crippen LogP contribution in [0.1, 0.15) is 18.4 Å². The summed E-state index contributed by atoms with van der Waals surface area (Å²) in [5.41, 5.74) is 1.18. The molecule has 114 valence electrons.